The van der Waals surface area contributed by atoms with E-state index in [0.29, 0.717) is 4.91 Å². The van der Waals surface area contributed by atoms with Gasteiger partial charge in [0.05, 0.1) is 4.91 Å². The molecule has 0 N–H and O–H groups in total. The third-order valence-electron chi connectivity index (χ3n) is 3.39. The Morgan fingerprint density at radius 1 is 1.22 bits per heavy atom. The number of benzene rings is 1. The van der Waals surface area contributed by atoms with E-state index in [1.165, 1.54) is 10.5 Å². The molecule has 0 atom stereocenters. The van der Waals surface area contributed by atoms with Crippen molar-refractivity contribution in [2.45, 2.75) is 6.92 Å². The lowest BCUT2D eigenvalue weighted by atomic mass is 10.1. The highest BCUT2D eigenvalue weighted by molar-refractivity contribution is 8.18. The summed E-state index contributed by atoms with van der Waals surface area (Å²) >= 11 is 2.59. The minimum Gasteiger partial charge on any atom is -0.268 e. The van der Waals surface area contributed by atoms with Crippen LogP contribution < -0.4 is 0 Å². The summed E-state index contributed by atoms with van der Waals surface area (Å²) in [4.78, 5) is 27.8. The number of hydrogen-bond donors (Lipinski definition) is 0. The molecule has 0 aliphatic carbocycles. The Bertz CT molecular complexity index is 820. The molecule has 0 saturated carbocycles. The first-order chi connectivity index (χ1) is 11.1. The number of nitrogens with zero attached hydrogens (tertiary/aromatic N) is 1. The Kier molecular flexibility index (Phi) is 4.50. The Hall–Kier alpha value is -2.11. The Balaban J connectivity index is 1.85. The van der Waals surface area contributed by atoms with E-state index in [1.807, 2.05) is 18.2 Å². The first kappa shape index (κ1) is 15.8. The smallest absolute Gasteiger partial charge is 0.268 e. The van der Waals surface area contributed by atoms with Crippen molar-refractivity contribution in [2.24, 2.45) is 0 Å². The number of aryl methyl sites for hydroxylation is 1. The highest BCUT2D eigenvalue weighted by atomic mass is 32.2. The molecule has 3 nitrogen and oxygen atoms in total. The fourth-order valence-corrected chi connectivity index (χ4v) is 4.16. The molecule has 2 aromatic rings. The number of hydrogen-bond acceptors (Lipinski definition) is 4. The topological polar surface area (TPSA) is 37.4 Å². The molecule has 0 bridgehead atoms. The van der Waals surface area contributed by atoms with Gasteiger partial charge >= 0.3 is 0 Å². The zero-order chi connectivity index (χ0) is 16.4. The summed E-state index contributed by atoms with van der Waals surface area (Å²) in [6.07, 6.45) is 3.35. The van der Waals surface area contributed by atoms with Crippen LogP contribution in [-0.2, 0) is 4.79 Å². The molecular weight excluding hydrogens is 326 g/mol. The largest absolute Gasteiger partial charge is 0.293 e. The molecule has 3 rings (SSSR count). The molecule has 1 aliphatic heterocycles. The number of amides is 2. The molecule has 23 heavy (non-hydrogen) atoms. The van der Waals surface area contributed by atoms with Gasteiger partial charge in [-0.25, -0.2) is 0 Å². The van der Waals surface area contributed by atoms with Gasteiger partial charge in [-0.3, -0.25) is 14.5 Å². The average Bonchev–Trinajstić information content (AvgIpc) is 3.09. The van der Waals surface area contributed by atoms with Gasteiger partial charge in [0.2, 0.25) is 0 Å². The molecule has 1 fully saturated rings. The zero-order valence-electron chi connectivity index (χ0n) is 12.6. The van der Waals surface area contributed by atoms with E-state index in [4.69, 9.17) is 0 Å². The molecule has 0 unspecified atom stereocenters. The van der Waals surface area contributed by atoms with E-state index in [-0.39, 0.29) is 17.7 Å². The zero-order valence-corrected chi connectivity index (χ0v) is 14.2. The lowest BCUT2D eigenvalue weighted by Crippen LogP contribution is -2.27. The molecule has 2 amide bonds. The summed E-state index contributed by atoms with van der Waals surface area (Å²) in [5.74, 6) is -0.245. The maximum absolute atomic E-state index is 12.2. The van der Waals surface area contributed by atoms with Crippen LogP contribution in [0.4, 0.5) is 4.79 Å². The number of imide groups is 1. The first-order valence-electron chi connectivity index (χ1n) is 7.11. The summed E-state index contributed by atoms with van der Waals surface area (Å²) < 4.78 is 0. The van der Waals surface area contributed by atoms with Crippen molar-refractivity contribution in [1.29, 1.82) is 0 Å². The summed E-state index contributed by atoms with van der Waals surface area (Å²) in [6, 6.07) is 12.3. The SMILES string of the molecule is C=CCN1C(=O)S/C(=C\c2ccc(-c3cccc(C)c3)s2)C1=O. The van der Waals surface area contributed by atoms with E-state index in [2.05, 4.69) is 31.7 Å². The Morgan fingerprint density at radius 2 is 2.04 bits per heavy atom. The second-order valence-corrected chi connectivity index (χ2v) is 7.26. The van der Waals surface area contributed by atoms with Crippen molar-refractivity contribution in [3.63, 3.8) is 0 Å². The van der Waals surface area contributed by atoms with Crippen LogP contribution in [0.15, 0.2) is 54.0 Å². The van der Waals surface area contributed by atoms with E-state index in [9.17, 15) is 9.59 Å². The predicted octanol–water partition coefficient (Wildman–Crippen LogP) is 4.95. The van der Waals surface area contributed by atoms with Gasteiger partial charge in [-0.15, -0.1) is 17.9 Å². The number of thiophene rings is 1. The van der Waals surface area contributed by atoms with Crippen molar-refractivity contribution < 1.29 is 9.59 Å². The lowest BCUT2D eigenvalue weighted by Gasteiger charge is -2.07. The standard InChI is InChI=1S/C18H15NO2S2/c1-3-9-19-17(20)16(23-18(19)21)11-14-7-8-15(22-14)13-6-4-5-12(2)10-13/h3-8,10-11H,1,9H2,2H3/b16-11-. The molecule has 1 aromatic heterocycles. The highest BCUT2D eigenvalue weighted by Gasteiger charge is 2.34. The second-order valence-electron chi connectivity index (χ2n) is 5.15. The minimum atomic E-state index is -0.245. The third-order valence-corrected chi connectivity index (χ3v) is 5.38. The molecule has 5 heteroatoms. The summed E-state index contributed by atoms with van der Waals surface area (Å²) in [6.45, 7) is 5.89. The molecule has 0 radical (unpaired) electrons. The number of carbonyl (C=O) groups excluding carboxylic acids is 2. The fraction of sp³-hybridized carbons (Fsp3) is 0.111. The number of carbonyl (C=O) groups is 2. The van der Waals surface area contributed by atoms with Crippen LogP contribution in [0.1, 0.15) is 10.4 Å². The van der Waals surface area contributed by atoms with E-state index in [0.717, 1.165) is 27.1 Å². The molecule has 1 saturated heterocycles. The van der Waals surface area contributed by atoms with E-state index in [1.54, 1.807) is 23.5 Å². The van der Waals surface area contributed by atoms with E-state index >= 15 is 0 Å². The normalized spacial score (nSPS) is 16.4. The monoisotopic (exact) mass is 341 g/mol. The van der Waals surface area contributed by atoms with Gasteiger partial charge in [0, 0.05) is 16.3 Å². The quantitative estimate of drug-likeness (QED) is 0.583. The summed E-state index contributed by atoms with van der Waals surface area (Å²) in [7, 11) is 0. The molecule has 0 spiro atoms. The summed E-state index contributed by atoms with van der Waals surface area (Å²) in [5, 5.41) is -0.239. The first-order valence-corrected chi connectivity index (χ1v) is 8.75. The predicted molar refractivity (Wildman–Crippen MR) is 97.4 cm³/mol. The molecule has 2 heterocycles. The summed E-state index contributed by atoms with van der Waals surface area (Å²) in [5.41, 5.74) is 2.37. The maximum Gasteiger partial charge on any atom is 0.293 e. The fourth-order valence-electron chi connectivity index (χ4n) is 2.30. The Labute approximate surface area is 143 Å². The number of rotatable bonds is 4. The van der Waals surface area contributed by atoms with Crippen molar-refractivity contribution in [1.82, 2.24) is 4.90 Å². The van der Waals surface area contributed by atoms with Crippen molar-refractivity contribution >= 4 is 40.3 Å². The van der Waals surface area contributed by atoms with Crippen LogP contribution in [-0.4, -0.2) is 22.6 Å². The third kappa shape index (κ3) is 3.30. The van der Waals surface area contributed by atoms with Gasteiger partial charge in [-0.2, -0.15) is 0 Å². The highest BCUT2D eigenvalue weighted by Crippen LogP contribution is 2.35. The van der Waals surface area contributed by atoms with Gasteiger partial charge in [0.1, 0.15) is 0 Å². The second kappa shape index (κ2) is 6.56. The molecule has 116 valence electrons. The lowest BCUT2D eigenvalue weighted by molar-refractivity contribution is -0.122. The van der Waals surface area contributed by atoms with Crippen LogP contribution in [0, 0.1) is 6.92 Å². The van der Waals surface area contributed by atoms with Gasteiger partial charge in [0.15, 0.2) is 0 Å². The van der Waals surface area contributed by atoms with Crippen LogP contribution in [0.5, 0.6) is 0 Å². The molecule has 1 aliphatic rings. The van der Waals surface area contributed by atoms with Crippen LogP contribution in [0.25, 0.3) is 16.5 Å². The Morgan fingerprint density at radius 3 is 2.78 bits per heavy atom. The average molecular weight is 341 g/mol. The van der Waals surface area contributed by atoms with Crippen molar-refractivity contribution in [3.8, 4) is 10.4 Å². The maximum atomic E-state index is 12.2. The van der Waals surface area contributed by atoms with Gasteiger partial charge < -0.3 is 0 Å². The van der Waals surface area contributed by atoms with Crippen LogP contribution in [0.3, 0.4) is 0 Å². The van der Waals surface area contributed by atoms with Crippen LogP contribution >= 0.6 is 23.1 Å². The molecular formula is C18H15NO2S2. The van der Waals surface area contributed by atoms with Crippen molar-refractivity contribution in [3.05, 3.63) is 64.4 Å². The van der Waals surface area contributed by atoms with E-state index < -0.39 is 0 Å². The minimum absolute atomic E-state index is 0.239. The van der Waals surface area contributed by atoms with Gasteiger partial charge in [0.25, 0.3) is 11.1 Å². The molecule has 1 aromatic carbocycles. The van der Waals surface area contributed by atoms with Gasteiger partial charge in [-0.05, 0) is 42.5 Å². The van der Waals surface area contributed by atoms with Crippen LogP contribution in [0.2, 0.25) is 0 Å². The number of thioether (sulfide) groups is 1. The van der Waals surface area contributed by atoms with Gasteiger partial charge in [-0.1, -0.05) is 35.9 Å². The van der Waals surface area contributed by atoms with Crippen molar-refractivity contribution in [2.75, 3.05) is 6.54 Å².